The zero-order valence-electron chi connectivity index (χ0n) is 16.2. The van der Waals surface area contributed by atoms with E-state index in [0.29, 0.717) is 0 Å². The highest BCUT2D eigenvalue weighted by Crippen LogP contribution is 2.09. The lowest BCUT2D eigenvalue weighted by atomic mass is 9.99. The lowest BCUT2D eigenvalue weighted by Gasteiger charge is -2.26. The largest absolute Gasteiger partial charge is 0.467 e. The number of nitrogens with one attached hydrogen (secondary N) is 2. The van der Waals surface area contributed by atoms with Gasteiger partial charge < -0.3 is 20.1 Å². The monoisotopic (exact) mass is 376 g/mol. The first-order valence-electron chi connectivity index (χ1n) is 8.78. The Labute approximate surface area is 160 Å². The van der Waals surface area contributed by atoms with Crippen LogP contribution in [0.4, 0.5) is 4.79 Å². The van der Waals surface area contributed by atoms with Gasteiger partial charge in [-0.15, -0.1) is 6.58 Å². The summed E-state index contributed by atoms with van der Waals surface area (Å²) in [6.45, 7) is 9.04. The highest BCUT2D eigenvalue weighted by Gasteiger charge is 2.31. The number of benzene rings is 1. The van der Waals surface area contributed by atoms with Crippen molar-refractivity contribution in [2.75, 3.05) is 7.11 Å². The van der Waals surface area contributed by atoms with Gasteiger partial charge in [-0.1, -0.05) is 57.2 Å². The number of rotatable bonds is 9. The molecule has 27 heavy (non-hydrogen) atoms. The molecule has 0 aliphatic heterocycles. The topological polar surface area (TPSA) is 93.7 Å². The van der Waals surface area contributed by atoms with Gasteiger partial charge in [0, 0.05) is 5.92 Å². The van der Waals surface area contributed by atoms with Crippen molar-refractivity contribution in [1.29, 1.82) is 0 Å². The highest BCUT2D eigenvalue weighted by atomic mass is 16.5. The molecule has 1 rings (SSSR count). The van der Waals surface area contributed by atoms with E-state index in [1.54, 1.807) is 26.8 Å². The van der Waals surface area contributed by atoms with Gasteiger partial charge in [-0.3, -0.25) is 4.79 Å². The Kier molecular flexibility index (Phi) is 9.05. The number of methoxy groups -OCH3 is 1. The molecular weight excluding hydrogens is 348 g/mol. The maximum absolute atomic E-state index is 12.6. The molecular formula is C20H28N2O5. The van der Waals surface area contributed by atoms with Gasteiger partial charge in [-0.2, -0.15) is 0 Å². The number of carbonyl (C=O) groups excluding carboxylic acids is 3. The second kappa shape index (κ2) is 11.0. The van der Waals surface area contributed by atoms with E-state index in [2.05, 4.69) is 17.2 Å². The normalized spacial score (nSPS) is 13.8. The first kappa shape index (κ1) is 22.2. The summed E-state index contributed by atoms with van der Waals surface area (Å²) in [5.41, 5.74) is 0.837. The summed E-state index contributed by atoms with van der Waals surface area (Å²) in [6, 6.07) is 7.46. The van der Waals surface area contributed by atoms with Gasteiger partial charge in [-0.25, -0.2) is 9.59 Å². The summed E-state index contributed by atoms with van der Waals surface area (Å²) < 4.78 is 9.89. The summed E-state index contributed by atoms with van der Waals surface area (Å²) in [5.74, 6) is -1.62. The second-order valence-electron chi connectivity index (χ2n) is 6.53. The molecule has 7 nitrogen and oxygen atoms in total. The Balaban J connectivity index is 2.72. The van der Waals surface area contributed by atoms with Crippen LogP contribution >= 0.6 is 0 Å². The molecule has 0 aliphatic rings. The van der Waals surface area contributed by atoms with Crippen molar-refractivity contribution in [2.45, 2.75) is 39.5 Å². The molecule has 0 aliphatic carbocycles. The molecule has 7 heteroatoms. The minimum absolute atomic E-state index is 0.0946. The van der Waals surface area contributed by atoms with Gasteiger partial charge >= 0.3 is 12.1 Å². The van der Waals surface area contributed by atoms with Gasteiger partial charge in [0.15, 0.2) is 0 Å². The third-order valence-electron chi connectivity index (χ3n) is 4.09. The van der Waals surface area contributed by atoms with Gasteiger partial charge in [0.1, 0.15) is 18.7 Å². The van der Waals surface area contributed by atoms with Crippen LogP contribution in [0.5, 0.6) is 0 Å². The van der Waals surface area contributed by atoms with E-state index in [1.165, 1.54) is 7.11 Å². The van der Waals surface area contributed by atoms with Crippen LogP contribution in [0.3, 0.4) is 0 Å². The van der Waals surface area contributed by atoms with E-state index in [0.717, 1.165) is 5.56 Å². The zero-order chi connectivity index (χ0) is 20.4. The first-order valence-corrected chi connectivity index (χ1v) is 8.78. The number of carbonyl (C=O) groups is 3. The van der Waals surface area contributed by atoms with Crippen molar-refractivity contribution in [1.82, 2.24) is 10.6 Å². The minimum atomic E-state index is -0.886. The molecule has 0 spiro atoms. The van der Waals surface area contributed by atoms with Crippen molar-refractivity contribution in [3.05, 3.63) is 48.6 Å². The third kappa shape index (κ3) is 7.13. The quantitative estimate of drug-likeness (QED) is 0.510. The van der Waals surface area contributed by atoms with E-state index in [4.69, 9.17) is 9.47 Å². The van der Waals surface area contributed by atoms with Crippen LogP contribution in [0.25, 0.3) is 0 Å². The zero-order valence-corrected chi connectivity index (χ0v) is 16.2. The van der Waals surface area contributed by atoms with Crippen LogP contribution in [-0.2, 0) is 25.7 Å². The highest BCUT2D eigenvalue weighted by molar-refractivity contribution is 5.90. The molecule has 0 bridgehead atoms. The van der Waals surface area contributed by atoms with E-state index < -0.39 is 30.1 Å². The SMILES string of the molecule is C=C[C@@H](C)[C@@H](NC(=O)[C@@H](NC(=O)OCc1ccccc1)C(C)C)C(=O)OC. The van der Waals surface area contributed by atoms with Crippen LogP contribution in [0.1, 0.15) is 26.3 Å². The van der Waals surface area contributed by atoms with Gasteiger partial charge in [0.05, 0.1) is 7.11 Å². The number of hydrogen-bond donors (Lipinski definition) is 2. The molecule has 0 saturated carbocycles. The van der Waals surface area contributed by atoms with Crippen LogP contribution in [0, 0.1) is 11.8 Å². The molecule has 3 atom stereocenters. The maximum atomic E-state index is 12.6. The summed E-state index contributed by atoms with van der Waals surface area (Å²) >= 11 is 0. The Morgan fingerprint density at radius 1 is 1.07 bits per heavy atom. The van der Waals surface area contributed by atoms with Crippen molar-refractivity contribution in [3.63, 3.8) is 0 Å². The average molecular weight is 376 g/mol. The lowest BCUT2D eigenvalue weighted by Crippen LogP contribution is -2.55. The molecule has 0 aromatic heterocycles. The van der Waals surface area contributed by atoms with Crippen molar-refractivity contribution in [2.24, 2.45) is 11.8 Å². The molecule has 148 valence electrons. The van der Waals surface area contributed by atoms with Crippen molar-refractivity contribution in [3.8, 4) is 0 Å². The summed E-state index contributed by atoms with van der Waals surface area (Å²) in [7, 11) is 1.25. The average Bonchev–Trinajstić information content (AvgIpc) is 2.67. The second-order valence-corrected chi connectivity index (χ2v) is 6.53. The fourth-order valence-electron chi connectivity index (χ4n) is 2.34. The number of amides is 2. The van der Waals surface area contributed by atoms with Crippen LogP contribution in [0.15, 0.2) is 43.0 Å². The summed E-state index contributed by atoms with van der Waals surface area (Å²) in [4.78, 5) is 36.6. The molecule has 0 unspecified atom stereocenters. The minimum Gasteiger partial charge on any atom is -0.467 e. The molecule has 2 amide bonds. The van der Waals surface area contributed by atoms with E-state index in [-0.39, 0.29) is 18.4 Å². The maximum Gasteiger partial charge on any atom is 0.408 e. The van der Waals surface area contributed by atoms with Crippen molar-refractivity contribution >= 4 is 18.0 Å². The van der Waals surface area contributed by atoms with Gasteiger partial charge in [-0.05, 0) is 11.5 Å². The molecule has 1 aromatic carbocycles. The first-order chi connectivity index (χ1) is 12.8. The number of hydrogen-bond acceptors (Lipinski definition) is 5. The van der Waals surface area contributed by atoms with Crippen LogP contribution < -0.4 is 10.6 Å². The van der Waals surface area contributed by atoms with E-state index >= 15 is 0 Å². The third-order valence-corrected chi connectivity index (χ3v) is 4.09. The fraction of sp³-hybridized carbons (Fsp3) is 0.450. The molecule has 1 aromatic rings. The Morgan fingerprint density at radius 2 is 1.70 bits per heavy atom. The van der Waals surface area contributed by atoms with Crippen LogP contribution in [-0.4, -0.2) is 37.2 Å². The molecule has 0 fully saturated rings. The smallest absolute Gasteiger partial charge is 0.408 e. The fourth-order valence-corrected chi connectivity index (χ4v) is 2.34. The van der Waals surface area contributed by atoms with Crippen molar-refractivity contribution < 1.29 is 23.9 Å². The Bertz CT molecular complexity index is 645. The predicted molar refractivity (Wildman–Crippen MR) is 102 cm³/mol. The standard InChI is InChI=1S/C20H28N2O5/c1-6-14(4)17(19(24)26-5)21-18(23)16(13(2)3)22-20(25)27-12-15-10-8-7-9-11-15/h6-11,13-14,16-17H,1,12H2,2-5H3,(H,21,23)(H,22,25)/t14-,16+,17-/m1/s1. The Morgan fingerprint density at radius 3 is 2.22 bits per heavy atom. The van der Waals surface area contributed by atoms with Gasteiger partial charge in [0.2, 0.25) is 5.91 Å². The Hall–Kier alpha value is -2.83. The lowest BCUT2D eigenvalue weighted by molar-refractivity contribution is -0.146. The van der Waals surface area contributed by atoms with Crippen LogP contribution in [0.2, 0.25) is 0 Å². The summed E-state index contributed by atoms with van der Waals surface area (Å²) in [6.07, 6.45) is 0.840. The summed E-state index contributed by atoms with van der Waals surface area (Å²) in [5, 5.41) is 5.18. The number of alkyl carbamates (subject to hydrolysis) is 1. The number of esters is 1. The molecule has 0 heterocycles. The van der Waals surface area contributed by atoms with Gasteiger partial charge in [0.25, 0.3) is 0 Å². The molecule has 0 saturated heterocycles. The van der Waals surface area contributed by atoms with E-state index in [1.807, 2.05) is 30.3 Å². The predicted octanol–water partition coefficient (Wildman–Crippen LogP) is 2.42. The van der Waals surface area contributed by atoms with E-state index in [9.17, 15) is 14.4 Å². The molecule has 0 radical (unpaired) electrons. The molecule has 2 N–H and O–H groups in total. The number of ether oxygens (including phenoxy) is 2.